The van der Waals surface area contributed by atoms with E-state index < -0.39 is 29.8 Å². The fourth-order valence-electron chi connectivity index (χ4n) is 1.55. The normalized spacial score (nSPS) is 13.3. The summed E-state index contributed by atoms with van der Waals surface area (Å²) in [6.45, 7) is 1.51. The molecule has 7 heteroatoms. The van der Waals surface area contributed by atoms with E-state index in [-0.39, 0.29) is 0 Å². The average molecular weight is 315 g/mol. The lowest BCUT2D eigenvalue weighted by molar-refractivity contribution is -0.142. The highest BCUT2D eigenvalue weighted by molar-refractivity contribution is 7.98. The van der Waals surface area contributed by atoms with E-state index in [0.717, 1.165) is 0 Å². The van der Waals surface area contributed by atoms with E-state index in [1.165, 1.54) is 43.0 Å². The van der Waals surface area contributed by atoms with Crippen LogP contribution in [-0.2, 0) is 9.59 Å². The second kappa shape index (κ2) is 8.51. The van der Waals surface area contributed by atoms with Crippen LogP contribution in [-0.4, -0.2) is 41.1 Å². The number of carboxylic acids is 1. The van der Waals surface area contributed by atoms with Crippen molar-refractivity contribution < 1.29 is 23.8 Å². The molecule has 1 aromatic rings. The van der Waals surface area contributed by atoms with Gasteiger partial charge in [0.1, 0.15) is 17.6 Å². The molecule has 0 aliphatic heterocycles. The number of carboxylic acid groups (broad SMARTS) is 1. The molecule has 0 heterocycles. The quantitative estimate of drug-likeness (QED) is 0.766. The minimum absolute atomic E-state index is 0.339. The first-order valence-corrected chi connectivity index (χ1v) is 7.77. The molecule has 21 heavy (non-hydrogen) atoms. The number of rotatable bonds is 8. The van der Waals surface area contributed by atoms with Crippen molar-refractivity contribution >= 4 is 23.6 Å². The average Bonchev–Trinajstić information content (AvgIpc) is 2.45. The summed E-state index contributed by atoms with van der Waals surface area (Å²) in [4.78, 5) is 23.0. The summed E-state index contributed by atoms with van der Waals surface area (Å²) in [5, 5.41) is 11.5. The summed E-state index contributed by atoms with van der Waals surface area (Å²) in [6.07, 6.45) is 1.33. The number of hydrogen-bond donors (Lipinski definition) is 2. The maximum Gasteiger partial charge on any atom is 0.326 e. The smallest absolute Gasteiger partial charge is 0.326 e. The van der Waals surface area contributed by atoms with E-state index in [1.807, 2.05) is 6.26 Å². The van der Waals surface area contributed by atoms with Gasteiger partial charge in [0.2, 0.25) is 0 Å². The number of thioether (sulfide) groups is 1. The van der Waals surface area contributed by atoms with Gasteiger partial charge in [0.25, 0.3) is 5.91 Å². The van der Waals surface area contributed by atoms with Crippen molar-refractivity contribution in [3.63, 3.8) is 0 Å². The largest absolute Gasteiger partial charge is 0.481 e. The van der Waals surface area contributed by atoms with Crippen LogP contribution in [0.15, 0.2) is 24.3 Å². The van der Waals surface area contributed by atoms with Crippen molar-refractivity contribution in [2.45, 2.75) is 25.5 Å². The fraction of sp³-hybridized carbons (Fsp3) is 0.429. The maximum atomic E-state index is 12.8. The molecule has 0 fully saturated rings. The zero-order valence-electron chi connectivity index (χ0n) is 11.8. The number of aliphatic carboxylic acids is 1. The van der Waals surface area contributed by atoms with Gasteiger partial charge in [-0.15, -0.1) is 0 Å². The van der Waals surface area contributed by atoms with Gasteiger partial charge < -0.3 is 15.2 Å². The van der Waals surface area contributed by atoms with Crippen molar-refractivity contribution in [3.05, 3.63) is 30.1 Å². The first kappa shape index (κ1) is 17.3. The van der Waals surface area contributed by atoms with E-state index in [2.05, 4.69) is 5.32 Å². The second-order valence-electron chi connectivity index (χ2n) is 4.39. The van der Waals surface area contributed by atoms with E-state index in [0.29, 0.717) is 17.9 Å². The Morgan fingerprint density at radius 3 is 2.52 bits per heavy atom. The molecule has 116 valence electrons. The lowest BCUT2D eigenvalue weighted by atomic mass is 10.2. The van der Waals surface area contributed by atoms with Crippen LogP contribution < -0.4 is 10.1 Å². The van der Waals surface area contributed by atoms with Gasteiger partial charge in [-0.25, -0.2) is 9.18 Å². The molecular weight excluding hydrogens is 297 g/mol. The molecule has 0 spiro atoms. The van der Waals surface area contributed by atoms with E-state index >= 15 is 0 Å². The van der Waals surface area contributed by atoms with Gasteiger partial charge in [0.15, 0.2) is 6.10 Å². The predicted octanol–water partition coefficient (Wildman–Crippen LogP) is 1.92. The number of carbonyl (C=O) groups excluding carboxylic acids is 1. The highest BCUT2D eigenvalue weighted by Crippen LogP contribution is 2.13. The maximum absolute atomic E-state index is 12.8. The van der Waals surface area contributed by atoms with Crippen LogP contribution >= 0.6 is 11.8 Å². The minimum Gasteiger partial charge on any atom is -0.481 e. The van der Waals surface area contributed by atoms with Gasteiger partial charge in [-0.1, -0.05) is 0 Å². The minimum atomic E-state index is -1.08. The summed E-state index contributed by atoms with van der Waals surface area (Å²) in [5.74, 6) is -1.03. The summed E-state index contributed by atoms with van der Waals surface area (Å²) in [7, 11) is 0. The van der Waals surface area contributed by atoms with Crippen LogP contribution in [0.4, 0.5) is 4.39 Å². The van der Waals surface area contributed by atoms with Crippen molar-refractivity contribution in [1.29, 1.82) is 0 Å². The molecule has 1 aromatic carbocycles. The molecule has 0 aliphatic rings. The zero-order chi connectivity index (χ0) is 15.8. The Hall–Kier alpha value is -1.76. The van der Waals surface area contributed by atoms with Gasteiger partial charge in [0.05, 0.1) is 0 Å². The van der Waals surface area contributed by atoms with Crippen molar-refractivity contribution in [1.82, 2.24) is 5.32 Å². The van der Waals surface area contributed by atoms with Crippen LogP contribution in [0.2, 0.25) is 0 Å². The third-order valence-corrected chi connectivity index (χ3v) is 3.36. The first-order chi connectivity index (χ1) is 9.93. The number of hydrogen-bond acceptors (Lipinski definition) is 4. The Labute approximate surface area is 126 Å². The Morgan fingerprint density at radius 1 is 1.38 bits per heavy atom. The molecule has 0 saturated carbocycles. The zero-order valence-corrected chi connectivity index (χ0v) is 12.7. The first-order valence-electron chi connectivity index (χ1n) is 6.38. The number of ether oxygens (including phenoxy) is 1. The van der Waals surface area contributed by atoms with Crippen molar-refractivity contribution in [3.8, 4) is 5.75 Å². The van der Waals surface area contributed by atoms with Crippen molar-refractivity contribution in [2.24, 2.45) is 0 Å². The van der Waals surface area contributed by atoms with Gasteiger partial charge >= 0.3 is 5.97 Å². The van der Waals surface area contributed by atoms with Gasteiger partial charge in [-0.05, 0) is 49.6 Å². The Kier molecular flexibility index (Phi) is 7.01. The molecule has 5 nitrogen and oxygen atoms in total. The second-order valence-corrected chi connectivity index (χ2v) is 5.38. The molecule has 2 N–H and O–H groups in total. The predicted molar refractivity (Wildman–Crippen MR) is 79.1 cm³/mol. The van der Waals surface area contributed by atoms with Crippen LogP contribution in [0, 0.1) is 5.82 Å². The monoisotopic (exact) mass is 315 g/mol. The molecule has 0 aromatic heterocycles. The Bertz CT molecular complexity index is 480. The lowest BCUT2D eigenvalue weighted by Gasteiger charge is -2.18. The molecule has 2 atom stereocenters. The third kappa shape index (κ3) is 6.03. The molecule has 1 unspecified atom stereocenters. The van der Waals surface area contributed by atoms with E-state index in [9.17, 15) is 14.0 Å². The van der Waals surface area contributed by atoms with Gasteiger partial charge in [-0.3, -0.25) is 4.79 Å². The SMILES string of the molecule is CSCC[C@@H](NC(=O)C(C)Oc1ccc(F)cc1)C(=O)O. The number of halogens is 1. The van der Waals surface area contributed by atoms with Gasteiger partial charge in [-0.2, -0.15) is 11.8 Å². The van der Waals surface area contributed by atoms with Gasteiger partial charge in [0, 0.05) is 0 Å². The van der Waals surface area contributed by atoms with Crippen LogP contribution in [0.5, 0.6) is 5.75 Å². The van der Waals surface area contributed by atoms with Crippen LogP contribution in [0.1, 0.15) is 13.3 Å². The third-order valence-electron chi connectivity index (χ3n) is 2.72. The summed E-state index contributed by atoms with van der Waals surface area (Å²) >= 11 is 1.51. The number of nitrogens with one attached hydrogen (secondary N) is 1. The van der Waals surface area contributed by atoms with Crippen LogP contribution in [0.3, 0.4) is 0 Å². The number of amides is 1. The standard InChI is InChI=1S/C14H18FNO4S/c1-9(20-11-5-3-10(15)4-6-11)13(17)16-12(14(18)19)7-8-21-2/h3-6,9,12H,7-8H2,1-2H3,(H,16,17)(H,18,19)/t9?,12-/m1/s1. The number of benzene rings is 1. The molecule has 1 rings (SSSR count). The highest BCUT2D eigenvalue weighted by Gasteiger charge is 2.23. The van der Waals surface area contributed by atoms with E-state index in [1.54, 1.807) is 0 Å². The lowest BCUT2D eigenvalue weighted by Crippen LogP contribution is -2.46. The summed E-state index contributed by atoms with van der Waals surface area (Å²) < 4.78 is 18.1. The Balaban J connectivity index is 2.56. The van der Waals surface area contributed by atoms with Crippen LogP contribution in [0.25, 0.3) is 0 Å². The molecule has 0 bridgehead atoms. The highest BCUT2D eigenvalue weighted by atomic mass is 32.2. The van der Waals surface area contributed by atoms with Crippen molar-refractivity contribution in [2.75, 3.05) is 12.0 Å². The fourth-order valence-corrected chi connectivity index (χ4v) is 2.02. The Morgan fingerprint density at radius 2 is 2.00 bits per heavy atom. The topological polar surface area (TPSA) is 75.6 Å². The van der Waals surface area contributed by atoms with E-state index in [4.69, 9.17) is 9.84 Å². The summed E-state index contributed by atoms with van der Waals surface area (Å²) in [6, 6.07) is 4.31. The number of carbonyl (C=O) groups is 2. The molecule has 1 amide bonds. The molecule has 0 saturated heterocycles. The molecular formula is C14H18FNO4S. The molecule has 0 radical (unpaired) electrons. The summed E-state index contributed by atoms with van der Waals surface area (Å²) in [5.41, 5.74) is 0. The molecule has 0 aliphatic carbocycles.